The molecule has 1 unspecified atom stereocenters. The van der Waals surface area contributed by atoms with Crippen LogP contribution in [0.4, 0.5) is 13.2 Å². The number of hydrogen-bond acceptors (Lipinski definition) is 5. The number of hydrogen-bond donors (Lipinski definition) is 2. The van der Waals surface area contributed by atoms with Gasteiger partial charge in [-0.05, 0) is 25.2 Å². The maximum absolute atomic E-state index is 12.1. The summed E-state index contributed by atoms with van der Waals surface area (Å²) in [4.78, 5) is 37.1. The van der Waals surface area contributed by atoms with Gasteiger partial charge < -0.3 is 20.1 Å². The number of likely N-dealkylation sites (tertiary alicyclic amines) is 1. The molecule has 8 nitrogen and oxygen atoms in total. The molecule has 1 aliphatic carbocycles. The molecule has 0 radical (unpaired) electrons. The monoisotopic (exact) mass is 423 g/mol. The third kappa shape index (κ3) is 6.30. The van der Waals surface area contributed by atoms with Crippen LogP contribution in [-0.4, -0.2) is 90.3 Å². The summed E-state index contributed by atoms with van der Waals surface area (Å²) in [5.74, 6) is -1.76. The smallest absolute Gasteiger partial charge is 0.475 e. The van der Waals surface area contributed by atoms with Crippen molar-refractivity contribution in [3.63, 3.8) is 0 Å². The van der Waals surface area contributed by atoms with E-state index in [1.165, 1.54) is 12.8 Å². The van der Waals surface area contributed by atoms with Gasteiger partial charge in [-0.1, -0.05) is 6.92 Å². The molecule has 166 valence electrons. The fourth-order valence-electron chi connectivity index (χ4n) is 3.51. The van der Waals surface area contributed by atoms with Gasteiger partial charge in [0, 0.05) is 26.6 Å². The Morgan fingerprint density at radius 1 is 1.21 bits per heavy atom. The van der Waals surface area contributed by atoms with E-state index in [1.54, 1.807) is 7.05 Å². The summed E-state index contributed by atoms with van der Waals surface area (Å²) < 4.78 is 37.8. The number of carboxylic acids is 1. The molecule has 2 N–H and O–H groups in total. The molecule has 1 spiro atoms. The number of morpholine rings is 1. The lowest BCUT2D eigenvalue weighted by atomic mass is 9.89. The zero-order valence-electron chi connectivity index (χ0n) is 16.6. The molecule has 0 aromatic heterocycles. The number of carbonyl (C=O) groups excluding carboxylic acids is 2. The number of likely N-dealkylation sites (N-methyl/N-ethyl adjacent to an activating group) is 1. The van der Waals surface area contributed by atoms with Crippen LogP contribution in [-0.2, 0) is 19.1 Å². The number of nitrogens with one attached hydrogen (secondary N) is 1. The van der Waals surface area contributed by atoms with E-state index < -0.39 is 12.1 Å². The molecule has 2 amide bonds. The molecule has 3 aliphatic rings. The number of aliphatic carboxylic acids is 1. The molecule has 2 aliphatic heterocycles. The highest BCUT2D eigenvalue weighted by molar-refractivity contribution is 5.82. The zero-order valence-corrected chi connectivity index (χ0v) is 16.6. The lowest BCUT2D eigenvalue weighted by Gasteiger charge is -2.55. The van der Waals surface area contributed by atoms with Gasteiger partial charge in [-0.2, -0.15) is 13.2 Å². The van der Waals surface area contributed by atoms with Crippen molar-refractivity contribution >= 4 is 17.8 Å². The topological polar surface area (TPSA) is 99.2 Å². The van der Waals surface area contributed by atoms with Gasteiger partial charge in [0.05, 0.1) is 19.7 Å². The molecular formula is C18H28F3N3O5. The average molecular weight is 423 g/mol. The number of halogens is 3. The first-order valence-electron chi connectivity index (χ1n) is 9.69. The highest BCUT2D eigenvalue weighted by atomic mass is 19.4. The van der Waals surface area contributed by atoms with E-state index in [0.29, 0.717) is 26.1 Å². The van der Waals surface area contributed by atoms with Crippen LogP contribution >= 0.6 is 0 Å². The van der Waals surface area contributed by atoms with Crippen LogP contribution in [0.15, 0.2) is 0 Å². The summed E-state index contributed by atoms with van der Waals surface area (Å²) in [5.41, 5.74) is -0.247. The largest absolute Gasteiger partial charge is 0.490 e. The summed E-state index contributed by atoms with van der Waals surface area (Å²) in [6.07, 6.45) is -1.05. The minimum Gasteiger partial charge on any atom is -0.475 e. The van der Waals surface area contributed by atoms with Gasteiger partial charge in [0.2, 0.25) is 11.8 Å². The fourth-order valence-corrected chi connectivity index (χ4v) is 3.51. The van der Waals surface area contributed by atoms with Crippen molar-refractivity contribution in [3.05, 3.63) is 0 Å². The van der Waals surface area contributed by atoms with E-state index in [1.807, 2.05) is 11.8 Å². The van der Waals surface area contributed by atoms with Crippen molar-refractivity contribution < 1.29 is 37.4 Å². The number of amides is 2. The maximum atomic E-state index is 12.1. The van der Waals surface area contributed by atoms with E-state index in [9.17, 15) is 22.8 Å². The van der Waals surface area contributed by atoms with Crippen molar-refractivity contribution in [1.29, 1.82) is 0 Å². The molecule has 1 atom stereocenters. The number of carbonyl (C=O) groups is 3. The van der Waals surface area contributed by atoms with Gasteiger partial charge in [-0.15, -0.1) is 0 Å². The second-order valence-electron chi connectivity index (χ2n) is 7.80. The summed E-state index contributed by atoms with van der Waals surface area (Å²) in [7, 11) is 1.68. The van der Waals surface area contributed by atoms with Gasteiger partial charge in [0.25, 0.3) is 0 Å². The lowest BCUT2D eigenvalue weighted by molar-refractivity contribution is -0.204. The standard InChI is InChI=1S/C16H27N3O3.C2HF3O2/c1-3-4-14(20)19-10-16(11-19)9-18(7-12-5-6-12)13(8-22-16)15(21)17-2;3-2(4,5)1(6)7/h12-13H,3-11H2,1-2H3,(H,17,21);(H,6,7). The molecule has 29 heavy (non-hydrogen) atoms. The molecule has 11 heteroatoms. The number of alkyl halides is 3. The molecule has 3 rings (SSSR count). The van der Waals surface area contributed by atoms with E-state index in [4.69, 9.17) is 14.6 Å². The number of rotatable bonds is 5. The third-order valence-corrected chi connectivity index (χ3v) is 5.24. The quantitative estimate of drug-likeness (QED) is 0.681. The van der Waals surface area contributed by atoms with Gasteiger partial charge in [-0.3, -0.25) is 14.5 Å². The predicted octanol–water partition coefficient (Wildman–Crippen LogP) is 0.858. The average Bonchev–Trinajstić information content (AvgIpc) is 3.42. The van der Waals surface area contributed by atoms with Crippen molar-refractivity contribution in [2.24, 2.45) is 5.92 Å². The highest BCUT2D eigenvalue weighted by Crippen LogP contribution is 2.35. The Morgan fingerprint density at radius 2 is 1.79 bits per heavy atom. The van der Waals surface area contributed by atoms with E-state index >= 15 is 0 Å². The summed E-state index contributed by atoms with van der Waals surface area (Å²) in [5, 5.41) is 9.87. The summed E-state index contributed by atoms with van der Waals surface area (Å²) >= 11 is 0. The van der Waals surface area contributed by atoms with Crippen LogP contribution < -0.4 is 5.32 Å². The molecule has 2 saturated heterocycles. The SMILES string of the molecule is CCCC(=O)N1CC2(C1)CN(CC1CC1)C(C(=O)NC)CO2.O=C(O)C(F)(F)F. The second kappa shape index (κ2) is 9.29. The lowest BCUT2D eigenvalue weighted by Crippen LogP contribution is -2.73. The summed E-state index contributed by atoms with van der Waals surface area (Å²) in [6, 6.07) is -0.184. The number of ether oxygens (including phenoxy) is 1. The normalized spacial score (nSPS) is 23.6. The first-order valence-corrected chi connectivity index (χ1v) is 9.69. The van der Waals surface area contributed by atoms with Gasteiger partial charge >= 0.3 is 12.1 Å². The van der Waals surface area contributed by atoms with E-state index in [0.717, 1.165) is 25.4 Å². The van der Waals surface area contributed by atoms with Gasteiger partial charge in [0.15, 0.2) is 0 Å². The molecule has 1 saturated carbocycles. The Kier molecular flexibility index (Phi) is 7.50. The van der Waals surface area contributed by atoms with Crippen molar-refractivity contribution in [3.8, 4) is 0 Å². The molecule has 0 aromatic carbocycles. The minimum atomic E-state index is -5.08. The first kappa shape index (κ1) is 23.4. The van der Waals surface area contributed by atoms with Crippen LogP contribution in [0.3, 0.4) is 0 Å². The first-order chi connectivity index (χ1) is 13.5. The Hall–Kier alpha value is -1.88. The van der Waals surface area contributed by atoms with Gasteiger partial charge in [-0.25, -0.2) is 4.79 Å². The Bertz CT molecular complexity index is 618. The second-order valence-corrected chi connectivity index (χ2v) is 7.80. The molecular weight excluding hydrogens is 395 g/mol. The number of carboxylic acid groups (broad SMARTS) is 1. The Balaban J connectivity index is 0.000000370. The van der Waals surface area contributed by atoms with Gasteiger partial charge in [0.1, 0.15) is 11.6 Å². The highest BCUT2D eigenvalue weighted by Gasteiger charge is 2.52. The van der Waals surface area contributed by atoms with Crippen LogP contribution in [0, 0.1) is 5.92 Å². The Labute approximate surface area is 167 Å². The van der Waals surface area contributed by atoms with Crippen molar-refractivity contribution in [2.75, 3.05) is 39.8 Å². The Morgan fingerprint density at radius 3 is 2.24 bits per heavy atom. The van der Waals surface area contributed by atoms with E-state index in [2.05, 4.69) is 10.2 Å². The molecule has 0 bridgehead atoms. The van der Waals surface area contributed by atoms with Crippen LogP contribution in [0.5, 0.6) is 0 Å². The van der Waals surface area contributed by atoms with E-state index in [-0.39, 0.29) is 23.5 Å². The predicted molar refractivity (Wildman–Crippen MR) is 96.0 cm³/mol. The minimum absolute atomic E-state index is 0.0359. The maximum Gasteiger partial charge on any atom is 0.490 e. The van der Waals surface area contributed by atoms with Crippen LogP contribution in [0.2, 0.25) is 0 Å². The van der Waals surface area contributed by atoms with Crippen molar-refractivity contribution in [2.45, 2.75) is 50.4 Å². The van der Waals surface area contributed by atoms with Crippen LogP contribution in [0.25, 0.3) is 0 Å². The molecule has 3 fully saturated rings. The fraction of sp³-hybridized carbons (Fsp3) is 0.833. The van der Waals surface area contributed by atoms with Crippen molar-refractivity contribution in [1.82, 2.24) is 15.1 Å². The third-order valence-electron chi connectivity index (χ3n) is 5.24. The number of nitrogens with zero attached hydrogens (tertiary/aromatic N) is 2. The van der Waals surface area contributed by atoms with Crippen LogP contribution in [0.1, 0.15) is 32.6 Å². The zero-order chi connectivity index (χ0) is 21.8. The molecule has 0 aromatic rings. The summed E-state index contributed by atoms with van der Waals surface area (Å²) in [6.45, 7) is 5.54. The molecule has 2 heterocycles.